The maximum atomic E-state index is 12.2. The average molecular weight is 398 g/mol. The highest BCUT2D eigenvalue weighted by Gasteiger charge is 2.24. The summed E-state index contributed by atoms with van der Waals surface area (Å²) in [6.45, 7) is 7.24. The molecule has 0 unspecified atom stereocenters. The molecular weight excluding hydrogens is 366 g/mol. The van der Waals surface area contributed by atoms with Crippen molar-refractivity contribution in [2.75, 3.05) is 33.0 Å². The molecule has 0 spiro atoms. The third-order valence-corrected chi connectivity index (χ3v) is 5.12. The standard InChI is InChI=1S/C24H31NO4/c1-24(2,20-10-11-21-22(17-20)29-16-15-28-21)18-25-23(26)9-6-13-27-14-12-19-7-4-3-5-8-19/h3-5,7-8,10-11,17H,6,9,12-16,18H2,1-2H3,(H,25,26). The van der Waals surface area contributed by atoms with Crippen LogP contribution in [0.5, 0.6) is 11.5 Å². The number of carbonyl (C=O) groups is 1. The highest BCUT2D eigenvalue weighted by Crippen LogP contribution is 2.34. The summed E-state index contributed by atoms with van der Waals surface area (Å²) in [6, 6.07) is 16.3. The van der Waals surface area contributed by atoms with Crippen molar-refractivity contribution in [3.8, 4) is 11.5 Å². The SMILES string of the molecule is CC(C)(CNC(=O)CCCOCCc1ccccc1)c1ccc2c(c1)OCCO2. The minimum Gasteiger partial charge on any atom is -0.486 e. The molecule has 0 saturated carbocycles. The largest absolute Gasteiger partial charge is 0.486 e. The monoisotopic (exact) mass is 397 g/mol. The van der Waals surface area contributed by atoms with Crippen LogP contribution >= 0.6 is 0 Å². The Labute approximate surface area is 173 Å². The van der Waals surface area contributed by atoms with E-state index < -0.39 is 0 Å². The normalized spacial score (nSPS) is 13.2. The summed E-state index contributed by atoms with van der Waals surface area (Å²) < 4.78 is 16.9. The van der Waals surface area contributed by atoms with E-state index in [0.29, 0.717) is 39.4 Å². The molecule has 5 heteroatoms. The highest BCUT2D eigenvalue weighted by molar-refractivity contribution is 5.76. The van der Waals surface area contributed by atoms with E-state index >= 15 is 0 Å². The lowest BCUT2D eigenvalue weighted by Crippen LogP contribution is -2.36. The number of rotatable bonds is 10. The van der Waals surface area contributed by atoms with Crippen molar-refractivity contribution in [3.63, 3.8) is 0 Å². The molecule has 1 amide bonds. The van der Waals surface area contributed by atoms with Gasteiger partial charge in [0.05, 0.1) is 6.61 Å². The van der Waals surface area contributed by atoms with E-state index in [1.807, 2.05) is 36.4 Å². The Morgan fingerprint density at radius 1 is 1.03 bits per heavy atom. The summed E-state index contributed by atoms with van der Waals surface area (Å²) in [5, 5.41) is 3.05. The van der Waals surface area contributed by atoms with Gasteiger partial charge in [0.2, 0.25) is 5.91 Å². The molecule has 156 valence electrons. The van der Waals surface area contributed by atoms with Crippen LogP contribution in [-0.4, -0.2) is 38.9 Å². The lowest BCUT2D eigenvalue weighted by Gasteiger charge is -2.28. The molecule has 0 atom stereocenters. The number of hydrogen-bond acceptors (Lipinski definition) is 4. The van der Waals surface area contributed by atoms with E-state index in [4.69, 9.17) is 14.2 Å². The molecule has 2 aromatic rings. The minimum atomic E-state index is -0.197. The Kier molecular flexibility index (Phi) is 7.53. The summed E-state index contributed by atoms with van der Waals surface area (Å²) in [5.74, 6) is 1.62. The second-order valence-corrected chi connectivity index (χ2v) is 7.97. The van der Waals surface area contributed by atoms with Gasteiger partial charge in [-0.15, -0.1) is 0 Å². The van der Waals surface area contributed by atoms with Gasteiger partial charge in [0.25, 0.3) is 0 Å². The Morgan fingerprint density at radius 3 is 2.59 bits per heavy atom. The molecule has 1 aliphatic heterocycles. The van der Waals surface area contributed by atoms with Crippen LogP contribution in [-0.2, 0) is 21.4 Å². The summed E-state index contributed by atoms with van der Waals surface area (Å²) in [7, 11) is 0. The summed E-state index contributed by atoms with van der Waals surface area (Å²) >= 11 is 0. The van der Waals surface area contributed by atoms with Gasteiger partial charge in [0.15, 0.2) is 11.5 Å². The Morgan fingerprint density at radius 2 is 1.79 bits per heavy atom. The quantitative estimate of drug-likeness (QED) is 0.618. The predicted molar refractivity (Wildman–Crippen MR) is 114 cm³/mol. The van der Waals surface area contributed by atoms with Crippen LogP contribution in [0, 0.1) is 0 Å². The zero-order valence-electron chi connectivity index (χ0n) is 17.4. The smallest absolute Gasteiger partial charge is 0.220 e. The fourth-order valence-electron chi connectivity index (χ4n) is 3.25. The number of carbonyl (C=O) groups excluding carboxylic acids is 1. The zero-order valence-corrected chi connectivity index (χ0v) is 17.4. The first-order chi connectivity index (χ1) is 14.0. The van der Waals surface area contributed by atoms with Crippen molar-refractivity contribution < 1.29 is 19.0 Å². The maximum Gasteiger partial charge on any atom is 0.220 e. The van der Waals surface area contributed by atoms with Gasteiger partial charge >= 0.3 is 0 Å². The van der Waals surface area contributed by atoms with Gasteiger partial charge in [0.1, 0.15) is 13.2 Å². The van der Waals surface area contributed by atoms with Crippen LogP contribution in [0.2, 0.25) is 0 Å². The van der Waals surface area contributed by atoms with Crippen LogP contribution in [0.25, 0.3) is 0 Å². The summed E-state index contributed by atoms with van der Waals surface area (Å²) in [4.78, 5) is 12.2. The van der Waals surface area contributed by atoms with E-state index in [1.165, 1.54) is 5.56 Å². The van der Waals surface area contributed by atoms with Gasteiger partial charge in [-0.3, -0.25) is 4.79 Å². The van der Waals surface area contributed by atoms with Crippen LogP contribution in [0.15, 0.2) is 48.5 Å². The number of nitrogens with one attached hydrogen (secondary N) is 1. The molecule has 1 aliphatic rings. The van der Waals surface area contributed by atoms with Crippen LogP contribution in [0.1, 0.15) is 37.8 Å². The number of benzene rings is 2. The van der Waals surface area contributed by atoms with Crippen LogP contribution in [0.4, 0.5) is 0 Å². The van der Waals surface area contributed by atoms with Gasteiger partial charge in [-0.05, 0) is 36.1 Å². The first-order valence-corrected chi connectivity index (χ1v) is 10.3. The highest BCUT2D eigenvalue weighted by atomic mass is 16.6. The van der Waals surface area contributed by atoms with E-state index in [1.54, 1.807) is 0 Å². The van der Waals surface area contributed by atoms with Crippen LogP contribution < -0.4 is 14.8 Å². The molecule has 0 aromatic heterocycles. The van der Waals surface area contributed by atoms with Gasteiger partial charge < -0.3 is 19.5 Å². The van der Waals surface area contributed by atoms with Crippen molar-refractivity contribution in [1.29, 1.82) is 0 Å². The van der Waals surface area contributed by atoms with Crippen molar-refractivity contribution >= 4 is 5.91 Å². The minimum absolute atomic E-state index is 0.0577. The molecule has 29 heavy (non-hydrogen) atoms. The predicted octanol–water partition coefficient (Wildman–Crippen LogP) is 3.89. The van der Waals surface area contributed by atoms with Crippen molar-refractivity contribution in [2.24, 2.45) is 0 Å². The number of hydrogen-bond donors (Lipinski definition) is 1. The number of amides is 1. The number of fused-ring (bicyclic) bond motifs is 1. The van der Waals surface area contributed by atoms with Crippen LogP contribution in [0.3, 0.4) is 0 Å². The fourth-order valence-corrected chi connectivity index (χ4v) is 3.25. The topological polar surface area (TPSA) is 56.8 Å². The van der Waals surface area contributed by atoms with E-state index in [2.05, 4.69) is 31.3 Å². The molecular formula is C24H31NO4. The molecule has 5 nitrogen and oxygen atoms in total. The van der Waals surface area contributed by atoms with E-state index in [9.17, 15) is 4.79 Å². The number of ether oxygens (including phenoxy) is 3. The summed E-state index contributed by atoms with van der Waals surface area (Å²) in [5.41, 5.74) is 2.19. The van der Waals surface area contributed by atoms with Crippen molar-refractivity contribution in [2.45, 2.75) is 38.5 Å². The molecule has 3 rings (SSSR count). The lowest BCUT2D eigenvalue weighted by atomic mass is 9.84. The fraction of sp³-hybridized carbons (Fsp3) is 0.458. The van der Waals surface area contributed by atoms with Gasteiger partial charge in [-0.25, -0.2) is 0 Å². The third-order valence-electron chi connectivity index (χ3n) is 5.12. The van der Waals surface area contributed by atoms with E-state index in [0.717, 1.165) is 29.9 Å². The maximum absolute atomic E-state index is 12.2. The Bertz CT molecular complexity index is 789. The molecule has 1 N–H and O–H groups in total. The molecule has 2 aromatic carbocycles. The molecule has 0 radical (unpaired) electrons. The molecule has 0 saturated heterocycles. The first-order valence-electron chi connectivity index (χ1n) is 10.3. The molecule has 0 fully saturated rings. The second-order valence-electron chi connectivity index (χ2n) is 7.97. The third kappa shape index (κ3) is 6.50. The zero-order chi connectivity index (χ0) is 20.5. The summed E-state index contributed by atoms with van der Waals surface area (Å²) in [6.07, 6.45) is 2.10. The van der Waals surface area contributed by atoms with E-state index in [-0.39, 0.29) is 11.3 Å². The molecule has 0 bridgehead atoms. The molecule has 1 heterocycles. The Hall–Kier alpha value is -2.53. The second kappa shape index (κ2) is 10.3. The van der Waals surface area contributed by atoms with Crippen molar-refractivity contribution in [3.05, 3.63) is 59.7 Å². The van der Waals surface area contributed by atoms with Gasteiger partial charge in [-0.2, -0.15) is 0 Å². The average Bonchev–Trinajstić information content (AvgIpc) is 2.75. The lowest BCUT2D eigenvalue weighted by molar-refractivity contribution is -0.121. The first kappa shape index (κ1) is 21.2. The van der Waals surface area contributed by atoms with Crippen molar-refractivity contribution in [1.82, 2.24) is 5.32 Å². The molecule has 0 aliphatic carbocycles. The Balaban J connectivity index is 1.34. The van der Waals surface area contributed by atoms with Gasteiger partial charge in [0, 0.05) is 25.0 Å². The van der Waals surface area contributed by atoms with Gasteiger partial charge in [-0.1, -0.05) is 50.2 Å².